The fourth-order valence-corrected chi connectivity index (χ4v) is 1.86. The number of nitrogens with zero attached hydrogens (tertiary/aromatic N) is 4. The molecule has 0 aliphatic heterocycles. The summed E-state index contributed by atoms with van der Waals surface area (Å²) in [5.41, 5.74) is 1.73. The first kappa shape index (κ1) is 12.1. The maximum atomic E-state index is 10.6. The molecule has 20 heavy (non-hydrogen) atoms. The van der Waals surface area contributed by atoms with Gasteiger partial charge < -0.3 is 5.32 Å². The largest absolute Gasteiger partial charge is 0.379 e. The van der Waals surface area contributed by atoms with E-state index >= 15 is 0 Å². The van der Waals surface area contributed by atoms with Crippen molar-refractivity contribution in [2.75, 3.05) is 5.32 Å². The summed E-state index contributed by atoms with van der Waals surface area (Å²) in [6, 6.07) is 8.11. The average molecular weight is 269 g/mol. The van der Waals surface area contributed by atoms with Gasteiger partial charge in [-0.1, -0.05) is 0 Å². The Balaban J connectivity index is 1.71. The molecule has 0 spiro atoms. The summed E-state index contributed by atoms with van der Waals surface area (Å²) in [6.45, 7) is 0.529. The fourth-order valence-electron chi connectivity index (χ4n) is 1.86. The van der Waals surface area contributed by atoms with E-state index < -0.39 is 4.92 Å². The second-order valence-corrected chi connectivity index (χ2v) is 4.22. The lowest BCUT2D eigenvalue weighted by molar-refractivity contribution is -0.384. The van der Waals surface area contributed by atoms with Gasteiger partial charge in [0.1, 0.15) is 0 Å². The van der Waals surface area contributed by atoms with Crippen LogP contribution in [0.4, 0.5) is 11.4 Å². The summed E-state index contributed by atoms with van der Waals surface area (Å²) < 4.78 is 1.84. The standard InChI is InChI=1S/C13H11N5O2/c19-18(20)12-4-2-10(3-5-12)15-8-11-9-17-7-1-6-14-13(17)16-11/h1-7,9,15H,8H2. The van der Waals surface area contributed by atoms with Crippen molar-refractivity contribution in [3.63, 3.8) is 0 Å². The zero-order valence-corrected chi connectivity index (χ0v) is 10.4. The van der Waals surface area contributed by atoms with Gasteiger partial charge in [-0.15, -0.1) is 0 Å². The first-order valence-corrected chi connectivity index (χ1v) is 5.99. The minimum Gasteiger partial charge on any atom is -0.379 e. The molecule has 3 rings (SSSR count). The number of aromatic nitrogens is 3. The first-order chi connectivity index (χ1) is 9.72. The second kappa shape index (κ2) is 4.96. The smallest absolute Gasteiger partial charge is 0.269 e. The highest BCUT2D eigenvalue weighted by atomic mass is 16.6. The molecule has 7 nitrogen and oxygen atoms in total. The number of nitro benzene ring substituents is 1. The van der Waals surface area contributed by atoms with E-state index in [2.05, 4.69) is 15.3 Å². The van der Waals surface area contributed by atoms with Gasteiger partial charge in [0.05, 0.1) is 17.2 Å². The van der Waals surface area contributed by atoms with Crippen molar-refractivity contribution in [3.8, 4) is 0 Å². The van der Waals surface area contributed by atoms with Crippen LogP contribution in [0.5, 0.6) is 0 Å². The summed E-state index contributed by atoms with van der Waals surface area (Å²) in [7, 11) is 0. The van der Waals surface area contributed by atoms with Crippen LogP contribution in [0, 0.1) is 10.1 Å². The minimum atomic E-state index is -0.419. The van der Waals surface area contributed by atoms with Gasteiger partial charge in [-0.25, -0.2) is 9.97 Å². The molecule has 0 saturated heterocycles. The summed E-state index contributed by atoms with van der Waals surface area (Å²) in [4.78, 5) is 18.6. The third-order valence-electron chi connectivity index (χ3n) is 2.84. The van der Waals surface area contributed by atoms with Crippen molar-refractivity contribution in [1.82, 2.24) is 14.4 Å². The minimum absolute atomic E-state index is 0.0764. The fraction of sp³-hybridized carbons (Fsp3) is 0.0769. The van der Waals surface area contributed by atoms with Crippen LogP contribution in [0.25, 0.3) is 5.78 Å². The van der Waals surface area contributed by atoms with Crippen LogP contribution in [0.15, 0.2) is 48.9 Å². The number of rotatable bonds is 4. The predicted octanol–water partition coefficient (Wildman–Crippen LogP) is 2.25. The molecule has 0 atom stereocenters. The average Bonchev–Trinajstić information content (AvgIpc) is 2.88. The molecule has 0 saturated carbocycles. The molecule has 0 radical (unpaired) electrons. The van der Waals surface area contributed by atoms with E-state index in [0.717, 1.165) is 11.4 Å². The Morgan fingerprint density at radius 3 is 2.80 bits per heavy atom. The summed E-state index contributed by atoms with van der Waals surface area (Å²) in [5, 5.41) is 13.7. The summed E-state index contributed by atoms with van der Waals surface area (Å²) >= 11 is 0. The number of imidazole rings is 1. The zero-order valence-electron chi connectivity index (χ0n) is 10.4. The topological polar surface area (TPSA) is 85.4 Å². The lowest BCUT2D eigenvalue weighted by Crippen LogP contribution is -1.99. The Morgan fingerprint density at radius 2 is 2.10 bits per heavy atom. The molecule has 0 bridgehead atoms. The van der Waals surface area contributed by atoms with Crippen molar-refractivity contribution in [1.29, 1.82) is 0 Å². The molecule has 3 aromatic rings. The van der Waals surface area contributed by atoms with Crippen molar-refractivity contribution >= 4 is 17.2 Å². The quantitative estimate of drug-likeness (QED) is 0.580. The van der Waals surface area contributed by atoms with Gasteiger partial charge >= 0.3 is 0 Å². The molecule has 0 aliphatic rings. The molecule has 1 aromatic carbocycles. The first-order valence-electron chi connectivity index (χ1n) is 5.99. The molecule has 0 aliphatic carbocycles. The molecule has 0 fully saturated rings. The highest BCUT2D eigenvalue weighted by Gasteiger charge is 2.05. The zero-order chi connectivity index (χ0) is 13.9. The highest BCUT2D eigenvalue weighted by molar-refractivity contribution is 5.48. The monoisotopic (exact) mass is 269 g/mol. The van der Waals surface area contributed by atoms with Crippen molar-refractivity contribution in [3.05, 3.63) is 64.7 Å². The lowest BCUT2D eigenvalue weighted by Gasteiger charge is -2.03. The van der Waals surface area contributed by atoms with Crippen LogP contribution >= 0.6 is 0 Å². The molecule has 100 valence electrons. The summed E-state index contributed by atoms with van der Waals surface area (Å²) in [6.07, 6.45) is 5.46. The second-order valence-electron chi connectivity index (χ2n) is 4.22. The Morgan fingerprint density at radius 1 is 1.30 bits per heavy atom. The molecular formula is C13H11N5O2. The Kier molecular flexibility index (Phi) is 3.00. The normalized spacial score (nSPS) is 10.6. The number of anilines is 1. The SMILES string of the molecule is O=[N+]([O-])c1ccc(NCc2cn3cccnc3n2)cc1. The van der Waals surface area contributed by atoms with Crippen LogP contribution in [-0.4, -0.2) is 19.3 Å². The number of fused-ring (bicyclic) bond motifs is 1. The summed E-state index contributed by atoms with van der Waals surface area (Å²) in [5.74, 6) is 0.646. The Hall–Kier alpha value is -2.96. The van der Waals surface area contributed by atoms with Crippen LogP contribution in [0.3, 0.4) is 0 Å². The number of benzene rings is 1. The van der Waals surface area contributed by atoms with Gasteiger partial charge in [-0.2, -0.15) is 0 Å². The number of hydrogen-bond donors (Lipinski definition) is 1. The molecule has 2 aromatic heterocycles. The predicted molar refractivity (Wildman–Crippen MR) is 73.4 cm³/mol. The van der Waals surface area contributed by atoms with Gasteiger partial charge in [-0.3, -0.25) is 14.5 Å². The molecule has 2 heterocycles. The lowest BCUT2D eigenvalue weighted by atomic mass is 10.3. The van der Waals surface area contributed by atoms with Crippen molar-refractivity contribution in [2.45, 2.75) is 6.54 Å². The van der Waals surface area contributed by atoms with Gasteiger partial charge in [0.2, 0.25) is 5.78 Å². The molecular weight excluding hydrogens is 258 g/mol. The van der Waals surface area contributed by atoms with E-state index in [0.29, 0.717) is 12.3 Å². The number of nitrogens with one attached hydrogen (secondary N) is 1. The van der Waals surface area contributed by atoms with Gasteiger partial charge in [0, 0.05) is 36.4 Å². The van der Waals surface area contributed by atoms with Crippen LogP contribution in [0.2, 0.25) is 0 Å². The maximum Gasteiger partial charge on any atom is 0.269 e. The Labute approximate surface area is 114 Å². The molecule has 0 amide bonds. The van der Waals surface area contributed by atoms with Crippen LogP contribution < -0.4 is 5.32 Å². The van der Waals surface area contributed by atoms with Gasteiger partial charge in [0.25, 0.3) is 5.69 Å². The van der Waals surface area contributed by atoms with Gasteiger partial charge in [0.15, 0.2) is 0 Å². The number of nitro groups is 1. The third-order valence-corrected chi connectivity index (χ3v) is 2.84. The highest BCUT2D eigenvalue weighted by Crippen LogP contribution is 2.16. The number of non-ortho nitro benzene ring substituents is 1. The van der Waals surface area contributed by atoms with Crippen LogP contribution in [-0.2, 0) is 6.54 Å². The van der Waals surface area contributed by atoms with Crippen molar-refractivity contribution in [2.24, 2.45) is 0 Å². The third kappa shape index (κ3) is 2.41. The van der Waals surface area contributed by atoms with E-state index in [4.69, 9.17) is 0 Å². The van der Waals surface area contributed by atoms with Gasteiger partial charge in [-0.05, 0) is 18.2 Å². The molecule has 0 unspecified atom stereocenters. The van der Waals surface area contributed by atoms with E-state index in [1.807, 2.05) is 22.9 Å². The van der Waals surface area contributed by atoms with E-state index in [9.17, 15) is 10.1 Å². The van der Waals surface area contributed by atoms with E-state index in [1.165, 1.54) is 12.1 Å². The molecule has 7 heteroatoms. The number of hydrogen-bond acceptors (Lipinski definition) is 5. The van der Waals surface area contributed by atoms with E-state index in [-0.39, 0.29) is 5.69 Å². The molecule has 1 N–H and O–H groups in total. The van der Waals surface area contributed by atoms with Crippen molar-refractivity contribution < 1.29 is 4.92 Å². The van der Waals surface area contributed by atoms with E-state index in [1.54, 1.807) is 18.3 Å². The maximum absolute atomic E-state index is 10.6. The van der Waals surface area contributed by atoms with Crippen LogP contribution in [0.1, 0.15) is 5.69 Å². The Bertz CT molecular complexity index is 718.